The van der Waals surface area contributed by atoms with E-state index >= 15 is 0 Å². The molecule has 0 unspecified atom stereocenters. The number of carbonyl (C=O) groups excluding carboxylic acids is 1. The summed E-state index contributed by atoms with van der Waals surface area (Å²) >= 11 is 0. The molecule has 1 aliphatic rings. The molecule has 94 valence electrons. The van der Waals surface area contributed by atoms with Crippen molar-refractivity contribution in [2.24, 2.45) is 17.6 Å². The standard InChI is InChI=1S/C12H24N2O2/c1-7(2)11(13)12(16)14-9-5-4-8(3)10(15)6-9/h7-11,15H,4-6,13H2,1-3H3,(H,14,16)/t8-,9-,10-,11-/m0/s1. The molecule has 4 heteroatoms. The van der Waals surface area contributed by atoms with Crippen LogP contribution in [0.5, 0.6) is 0 Å². The first-order valence-electron chi connectivity index (χ1n) is 6.15. The second-order valence-corrected chi connectivity index (χ2v) is 5.33. The highest BCUT2D eigenvalue weighted by atomic mass is 16.3. The number of aliphatic hydroxyl groups is 1. The fraction of sp³-hybridized carbons (Fsp3) is 0.917. The van der Waals surface area contributed by atoms with Crippen molar-refractivity contribution in [3.63, 3.8) is 0 Å². The molecular formula is C12H24N2O2. The van der Waals surface area contributed by atoms with Crippen molar-refractivity contribution in [1.82, 2.24) is 5.32 Å². The van der Waals surface area contributed by atoms with Gasteiger partial charge in [-0.2, -0.15) is 0 Å². The first kappa shape index (κ1) is 13.5. The fourth-order valence-electron chi connectivity index (χ4n) is 2.03. The molecular weight excluding hydrogens is 204 g/mol. The molecule has 16 heavy (non-hydrogen) atoms. The van der Waals surface area contributed by atoms with E-state index in [0.717, 1.165) is 12.8 Å². The molecule has 1 aliphatic carbocycles. The molecule has 4 nitrogen and oxygen atoms in total. The van der Waals surface area contributed by atoms with E-state index in [2.05, 4.69) is 5.32 Å². The first-order chi connectivity index (χ1) is 7.41. The molecule has 0 aliphatic heterocycles. The number of carbonyl (C=O) groups is 1. The Balaban J connectivity index is 2.40. The van der Waals surface area contributed by atoms with Gasteiger partial charge in [0.1, 0.15) is 0 Å². The van der Waals surface area contributed by atoms with Crippen molar-refractivity contribution in [3.05, 3.63) is 0 Å². The molecule has 1 rings (SSSR count). The van der Waals surface area contributed by atoms with E-state index in [1.165, 1.54) is 0 Å². The van der Waals surface area contributed by atoms with E-state index in [1.54, 1.807) is 0 Å². The predicted octanol–water partition coefficient (Wildman–Crippen LogP) is 0.635. The van der Waals surface area contributed by atoms with Crippen LogP contribution in [0.1, 0.15) is 40.0 Å². The van der Waals surface area contributed by atoms with Crippen LogP contribution in [0, 0.1) is 11.8 Å². The lowest BCUT2D eigenvalue weighted by Gasteiger charge is -2.32. The monoisotopic (exact) mass is 228 g/mol. The Kier molecular flexibility index (Phi) is 4.74. The molecule has 1 saturated carbocycles. The molecule has 1 amide bonds. The summed E-state index contributed by atoms with van der Waals surface area (Å²) in [6.07, 6.45) is 2.25. The highest BCUT2D eigenvalue weighted by Crippen LogP contribution is 2.24. The van der Waals surface area contributed by atoms with Gasteiger partial charge in [-0.3, -0.25) is 4.79 Å². The number of nitrogens with two attached hydrogens (primary N) is 1. The lowest BCUT2D eigenvalue weighted by atomic mass is 9.84. The second-order valence-electron chi connectivity index (χ2n) is 5.33. The normalized spacial score (nSPS) is 32.5. The van der Waals surface area contributed by atoms with Crippen LogP contribution in [0.2, 0.25) is 0 Å². The highest BCUT2D eigenvalue weighted by molar-refractivity contribution is 5.82. The van der Waals surface area contributed by atoms with Crippen LogP contribution in [-0.2, 0) is 4.79 Å². The largest absolute Gasteiger partial charge is 0.393 e. The number of aliphatic hydroxyl groups excluding tert-OH is 1. The van der Waals surface area contributed by atoms with Gasteiger partial charge in [0.05, 0.1) is 12.1 Å². The third-order valence-electron chi connectivity index (χ3n) is 3.52. The van der Waals surface area contributed by atoms with Gasteiger partial charge in [-0.1, -0.05) is 20.8 Å². The van der Waals surface area contributed by atoms with Crippen LogP contribution in [0.3, 0.4) is 0 Å². The summed E-state index contributed by atoms with van der Waals surface area (Å²) in [6, 6.07) is -0.361. The Morgan fingerprint density at radius 2 is 2.06 bits per heavy atom. The highest BCUT2D eigenvalue weighted by Gasteiger charge is 2.28. The Morgan fingerprint density at radius 3 is 2.56 bits per heavy atom. The molecule has 0 aromatic carbocycles. The zero-order valence-corrected chi connectivity index (χ0v) is 10.4. The number of nitrogens with one attached hydrogen (secondary N) is 1. The number of amides is 1. The number of hydrogen-bond donors (Lipinski definition) is 3. The molecule has 0 bridgehead atoms. The molecule has 4 atom stereocenters. The van der Waals surface area contributed by atoms with Crippen molar-refractivity contribution in [1.29, 1.82) is 0 Å². The SMILES string of the molecule is CC(C)[C@H](N)C(=O)N[C@H]1CC[C@H](C)[C@@H](O)C1. The molecule has 0 aromatic rings. The summed E-state index contributed by atoms with van der Waals surface area (Å²) in [5.74, 6) is 0.390. The summed E-state index contributed by atoms with van der Waals surface area (Å²) in [5, 5.41) is 12.7. The Labute approximate surface area is 97.6 Å². The fourth-order valence-corrected chi connectivity index (χ4v) is 2.03. The molecule has 1 fully saturated rings. The van der Waals surface area contributed by atoms with E-state index in [0.29, 0.717) is 12.3 Å². The molecule has 0 radical (unpaired) electrons. The van der Waals surface area contributed by atoms with Crippen LogP contribution >= 0.6 is 0 Å². The summed E-state index contributed by atoms with van der Waals surface area (Å²) in [6.45, 7) is 5.91. The van der Waals surface area contributed by atoms with Gasteiger partial charge in [0, 0.05) is 6.04 Å². The maximum atomic E-state index is 11.7. The topological polar surface area (TPSA) is 75.4 Å². The Bertz CT molecular complexity index is 243. The van der Waals surface area contributed by atoms with Gasteiger partial charge in [-0.05, 0) is 31.1 Å². The smallest absolute Gasteiger partial charge is 0.237 e. The minimum absolute atomic E-state index is 0.0866. The minimum atomic E-state index is -0.448. The van der Waals surface area contributed by atoms with Crippen LogP contribution in [0.4, 0.5) is 0 Å². The third kappa shape index (κ3) is 3.46. The van der Waals surface area contributed by atoms with Gasteiger partial charge >= 0.3 is 0 Å². The molecule has 0 spiro atoms. The lowest BCUT2D eigenvalue weighted by molar-refractivity contribution is -0.124. The minimum Gasteiger partial charge on any atom is -0.393 e. The van der Waals surface area contributed by atoms with E-state index < -0.39 is 6.04 Å². The quantitative estimate of drug-likeness (QED) is 0.663. The summed E-state index contributed by atoms with van der Waals surface area (Å²) in [4.78, 5) is 11.7. The van der Waals surface area contributed by atoms with Gasteiger partial charge in [0.25, 0.3) is 0 Å². The van der Waals surface area contributed by atoms with E-state index in [9.17, 15) is 9.90 Å². The molecule has 0 heterocycles. The summed E-state index contributed by atoms with van der Waals surface area (Å²) in [5.41, 5.74) is 5.76. The Morgan fingerprint density at radius 1 is 1.44 bits per heavy atom. The van der Waals surface area contributed by atoms with E-state index in [4.69, 9.17) is 5.73 Å². The van der Waals surface area contributed by atoms with Crippen molar-refractivity contribution in [2.75, 3.05) is 0 Å². The van der Waals surface area contributed by atoms with Gasteiger partial charge in [-0.25, -0.2) is 0 Å². The first-order valence-corrected chi connectivity index (χ1v) is 6.15. The molecule has 4 N–H and O–H groups in total. The maximum Gasteiger partial charge on any atom is 0.237 e. The number of hydrogen-bond acceptors (Lipinski definition) is 3. The average molecular weight is 228 g/mol. The number of rotatable bonds is 3. The van der Waals surface area contributed by atoms with Gasteiger partial charge in [-0.15, -0.1) is 0 Å². The van der Waals surface area contributed by atoms with Crippen molar-refractivity contribution in [2.45, 2.75) is 58.2 Å². The molecule has 0 saturated heterocycles. The average Bonchev–Trinajstić information content (AvgIpc) is 2.22. The van der Waals surface area contributed by atoms with Crippen molar-refractivity contribution >= 4 is 5.91 Å². The zero-order valence-electron chi connectivity index (χ0n) is 10.4. The van der Waals surface area contributed by atoms with Crippen LogP contribution < -0.4 is 11.1 Å². The predicted molar refractivity (Wildman–Crippen MR) is 63.8 cm³/mol. The Hall–Kier alpha value is -0.610. The van der Waals surface area contributed by atoms with E-state index in [-0.39, 0.29) is 24.0 Å². The lowest BCUT2D eigenvalue weighted by Crippen LogP contribution is -2.50. The third-order valence-corrected chi connectivity index (χ3v) is 3.52. The maximum absolute atomic E-state index is 11.7. The zero-order chi connectivity index (χ0) is 12.3. The molecule has 0 aromatic heterocycles. The summed E-state index contributed by atoms with van der Waals surface area (Å²) in [7, 11) is 0. The van der Waals surface area contributed by atoms with Crippen LogP contribution in [0.15, 0.2) is 0 Å². The second kappa shape index (κ2) is 5.64. The van der Waals surface area contributed by atoms with Crippen molar-refractivity contribution in [3.8, 4) is 0 Å². The van der Waals surface area contributed by atoms with Crippen LogP contribution in [0.25, 0.3) is 0 Å². The van der Waals surface area contributed by atoms with Crippen molar-refractivity contribution < 1.29 is 9.90 Å². The van der Waals surface area contributed by atoms with Gasteiger partial charge in [0.2, 0.25) is 5.91 Å². The van der Waals surface area contributed by atoms with Crippen LogP contribution in [-0.4, -0.2) is 29.2 Å². The van der Waals surface area contributed by atoms with Gasteiger partial charge in [0.15, 0.2) is 0 Å². The van der Waals surface area contributed by atoms with Gasteiger partial charge < -0.3 is 16.2 Å². The van der Waals surface area contributed by atoms with E-state index in [1.807, 2.05) is 20.8 Å². The summed E-state index contributed by atoms with van der Waals surface area (Å²) < 4.78 is 0.